The molecule has 0 aromatic heterocycles. The zero-order valence-electron chi connectivity index (χ0n) is 8.72. The molecule has 1 aromatic carbocycles. The molecule has 0 saturated heterocycles. The number of anilines is 1. The number of carboxylic acids is 2. The van der Waals surface area contributed by atoms with Crippen molar-refractivity contribution in [3.63, 3.8) is 0 Å². The highest BCUT2D eigenvalue weighted by Crippen LogP contribution is 2.26. The molecule has 0 saturated carbocycles. The number of hydrogen-bond acceptors (Lipinski definition) is 4. The van der Waals surface area contributed by atoms with Gasteiger partial charge in [0, 0.05) is 13.0 Å². The topological polar surface area (TPSA) is 124 Å². The highest BCUT2D eigenvalue weighted by molar-refractivity contribution is 6.03. The van der Waals surface area contributed by atoms with Gasteiger partial charge in [0.15, 0.2) is 0 Å². The maximum absolute atomic E-state index is 10.9. The van der Waals surface area contributed by atoms with Crippen molar-refractivity contribution in [2.75, 3.05) is 5.32 Å². The molecule has 90 valence electrons. The molecule has 0 aliphatic carbocycles. The second-order valence-corrected chi connectivity index (χ2v) is 3.21. The molecule has 0 heterocycles. The summed E-state index contributed by atoms with van der Waals surface area (Å²) in [6.45, 7) is 1.16. The highest BCUT2D eigenvalue weighted by atomic mass is 16.4. The molecule has 1 aromatic rings. The van der Waals surface area contributed by atoms with Gasteiger partial charge < -0.3 is 20.6 Å². The van der Waals surface area contributed by atoms with Crippen molar-refractivity contribution in [2.45, 2.75) is 6.92 Å². The fourth-order valence-electron chi connectivity index (χ4n) is 1.23. The lowest BCUT2D eigenvalue weighted by atomic mass is 10.1. The van der Waals surface area contributed by atoms with Gasteiger partial charge in [-0.15, -0.1) is 0 Å². The maximum Gasteiger partial charge on any atom is 0.339 e. The average Bonchev–Trinajstić information content (AvgIpc) is 2.15. The molecule has 1 rings (SSSR count). The minimum atomic E-state index is -1.46. The Hall–Kier alpha value is -2.57. The van der Waals surface area contributed by atoms with Gasteiger partial charge in [0.2, 0.25) is 5.91 Å². The van der Waals surface area contributed by atoms with Crippen LogP contribution in [0.25, 0.3) is 0 Å². The van der Waals surface area contributed by atoms with Gasteiger partial charge >= 0.3 is 11.9 Å². The van der Waals surface area contributed by atoms with Crippen LogP contribution in [0.2, 0.25) is 0 Å². The van der Waals surface area contributed by atoms with E-state index in [-0.39, 0.29) is 5.69 Å². The summed E-state index contributed by atoms with van der Waals surface area (Å²) in [5.74, 6) is -4.02. The number of phenols is 1. The summed E-state index contributed by atoms with van der Waals surface area (Å²) in [5.41, 5.74) is -1.11. The van der Waals surface area contributed by atoms with Crippen LogP contribution in [0.3, 0.4) is 0 Å². The van der Waals surface area contributed by atoms with Crippen LogP contribution in [0.5, 0.6) is 5.75 Å². The number of hydrogen-bond donors (Lipinski definition) is 4. The monoisotopic (exact) mass is 239 g/mol. The molecule has 0 atom stereocenters. The van der Waals surface area contributed by atoms with Gasteiger partial charge in [0.05, 0.1) is 11.3 Å². The van der Waals surface area contributed by atoms with E-state index in [0.29, 0.717) is 0 Å². The van der Waals surface area contributed by atoms with Crippen LogP contribution in [0, 0.1) is 0 Å². The summed E-state index contributed by atoms with van der Waals surface area (Å²) < 4.78 is 0. The summed E-state index contributed by atoms with van der Waals surface area (Å²) in [4.78, 5) is 32.4. The third-order valence-corrected chi connectivity index (χ3v) is 1.91. The number of carbonyl (C=O) groups is 3. The van der Waals surface area contributed by atoms with Gasteiger partial charge in [-0.05, 0) is 6.07 Å². The first kappa shape index (κ1) is 12.5. The Kier molecular flexibility index (Phi) is 3.32. The number of aromatic carboxylic acids is 2. The van der Waals surface area contributed by atoms with E-state index in [1.54, 1.807) is 0 Å². The first-order valence-corrected chi connectivity index (χ1v) is 4.44. The molecular weight excluding hydrogens is 230 g/mol. The molecule has 0 aliphatic heterocycles. The standard InChI is InChI=1S/C10H9NO6/c1-4(12)11-7-3-8(13)6(10(16)17)2-5(7)9(14)15/h2-3,13H,1H3,(H,11,12)(H,14,15)(H,16,17). The smallest absolute Gasteiger partial charge is 0.339 e. The molecule has 0 aliphatic rings. The normalized spacial score (nSPS) is 9.71. The highest BCUT2D eigenvalue weighted by Gasteiger charge is 2.18. The van der Waals surface area contributed by atoms with E-state index in [0.717, 1.165) is 19.1 Å². The van der Waals surface area contributed by atoms with Crippen LogP contribution in [0.15, 0.2) is 12.1 Å². The summed E-state index contributed by atoms with van der Waals surface area (Å²) >= 11 is 0. The fourth-order valence-corrected chi connectivity index (χ4v) is 1.23. The average molecular weight is 239 g/mol. The van der Waals surface area contributed by atoms with Gasteiger partial charge in [-0.25, -0.2) is 9.59 Å². The number of aromatic hydroxyl groups is 1. The predicted molar refractivity (Wildman–Crippen MR) is 56.3 cm³/mol. The summed E-state index contributed by atoms with van der Waals surface area (Å²) in [5, 5.41) is 29.1. The minimum absolute atomic E-state index is 0.160. The molecule has 0 fully saturated rings. The molecular formula is C10H9NO6. The second kappa shape index (κ2) is 4.52. The molecule has 0 bridgehead atoms. The molecule has 7 heteroatoms. The molecule has 0 spiro atoms. The van der Waals surface area contributed by atoms with Crippen LogP contribution in [-0.2, 0) is 4.79 Å². The van der Waals surface area contributed by atoms with E-state index < -0.39 is 34.7 Å². The van der Waals surface area contributed by atoms with Crippen molar-refractivity contribution in [2.24, 2.45) is 0 Å². The minimum Gasteiger partial charge on any atom is -0.507 e. The lowest BCUT2D eigenvalue weighted by molar-refractivity contribution is -0.114. The zero-order valence-corrected chi connectivity index (χ0v) is 8.72. The van der Waals surface area contributed by atoms with Gasteiger partial charge in [-0.2, -0.15) is 0 Å². The number of nitrogens with one attached hydrogen (secondary N) is 1. The second-order valence-electron chi connectivity index (χ2n) is 3.21. The van der Waals surface area contributed by atoms with E-state index in [4.69, 9.17) is 10.2 Å². The third-order valence-electron chi connectivity index (χ3n) is 1.91. The first-order chi connectivity index (χ1) is 7.82. The Morgan fingerprint density at radius 1 is 1.06 bits per heavy atom. The lowest BCUT2D eigenvalue weighted by Gasteiger charge is -2.09. The van der Waals surface area contributed by atoms with Gasteiger partial charge in [0.25, 0.3) is 0 Å². The van der Waals surface area contributed by atoms with Crippen molar-refractivity contribution >= 4 is 23.5 Å². The molecule has 0 radical (unpaired) electrons. The van der Waals surface area contributed by atoms with Crippen LogP contribution in [-0.4, -0.2) is 33.2 Å². The fraction of sp³-hybridized carbons (Fsp3) is 0.100. The van der Waals surface area contributed by atoms with Crippen molar-refractivity contribution in [1.29, 1.82) is 0 Å². The molecule has 1 amide bonds. The van der Waals surface area contributed by atoms with Crippen LogP contribution < -0.4 is 5.32 Å². The Labute approximate surface area is 95.3 Å². The Balaban J connectivity index is 3.40. The van der Waals surface area contributed by atoms with E-state index in [9.17, 15) is 19.5 Å². The first-order valence-electron chi connectivity index (χ1n) is 4.44. The van der Waals surface area contributed by atoms with Crippen molar-refractivity contribution in [3.05, 3.63) is 23.3 Å². The Morgan fingerprint density at radius 3 is 2.00 bits per heavy atom. The summed E-state index contributed by atoms with van der Waals surface area (Å²) in [6, 6.07) is 1.67. The van der Waals surface area contributed by atoms with Crippen molar-refractivity contribution in [1.82, 2.24) is 0 Å². The Bertz CT molecular complexity index is 508. The summed E-state index contributed by atoms with van der Waals surface area (Å²) in [6.07, 6.45) is 0. The van der Waals surface area contributed by atoms with E-state index in [1.807, 2.05) is 0 Å². The largest absolute Gasteiger partial charge is 0.507 e. The number of carbonyl (C=O) groups excluding carboxylic acids is 1. The molecule has 7 nitrogen and oxygen atoms in total. The number of carboxylic acid groups (broad SMARTS) is 2. The SMILES string of the molecule is CC(=O)Nc1cc(O)c(C(=O)O)cc1C(=O)O. The van der Waals surface area contributed by atoms with Crippen molar-refractivity contribution < 1.29 is 29.7 Å². The molecule has 17 heavy (non-hydrogen) atoms. The predicted octanol–water partition coefficient (Wildman–Crippen LogP) is 0.747. The van der Waals surface area contributed by atoms with Gasteiger partial charge in [-0.3, -0.25) is 4.79 Å². The maximum atomic E-state index is 10.9. The van der Waals surface area contributed by atoms with Gasteiger partial charge in [-0.1, -0.05) is 0 Å². The van der Waals surface area contributed by atoms with Crippen LogP contribution in [0.1, 0.15) is 27.6 Å². The number of amides is 1. The van der Waals surface area contributed by atoms with Gasteiger partial charge in [0.1, 0.15) is 11.3 Å². The van der Waals surface area contributed by atoms with E-state index in [1.165, 1.54) is 0 Å². The Morgan fingerprint density at radius 2 is 1.59 bits per heavy atom. The molecule has 4 N–H and O–H groups in total. The van der Waals surface area contributed by atoms with Crippen LogP contribution >= 0.6 is 0 Å². The van der Waals surface area contributed by atoms with E-state index in [2.05, 4.69) is 5.32 Å². The lowest BCUT2D eigenvalue weighted by Crippen LogP contribution is -2.12. The zero-order chi connectivity index (χ0) is 13.2. The quantitative estimate of drug-likeness (QED) is 0.616. The third kappa shape index (κ3) is 2.71. The number of benzene rings is 1. The van der Waals surface area contributed by atoms with E-state index >= 15 is 0 Å². The number of rotatable bonds is 3. The van der Waals surface area contributed by atoms with Crippen molar-refractivity contribution in [3.8, 4) is 5.75 Å². The van der Waals surface area contributed by atoms with Crippen LogP contribution in [0.4, 0.5) is 5.69 Å². The summed E-state index contributed by atoms with van der Waals surface area (Å²) in [7, 11) is 0. The molecule has 0 unspecified atom stereocenters.